The van der Waals surface area contributed by atoms with Crippen LogP contribution in [0.2, 0.25) is 10.0 Å². The molecule has 2 N–H and O–H groups in total. The minimum Gasteiger partial charge on any atom is -0.322 e. The first kappa shape index (κ1) is 18.2. The van der Waals surface area contributed by atoms with Gasteiger partial charge in [-0.3, -0.25) is 4.79 Å². The molecule has 1 amide bonds. The van der Waals surface area contributed by atoms with Crippen LogP contribution in [0, 0.1) is 5.41 Å². The molecule has 0 unspecified atom stereocenters. The van der Waals surface area contributed by atoms with Crippen molar-refractivity contribution >= 4 is 34.8 Å². The number of hydrogen-bond acceptors (Lipinski definition) is 3. The van der Waals surface area contributed by atoms with Crippen LogP contribution in [0.1, 0.15) is 13.8 Å². The molecule has 1 aromatic rings. The van der Waals surface area contributed by atoms with Gasteiger partial charge < -0.3 is 15.5 Å². The Morgan fingerprint density at radius 2 is 1.81 bits per heavy atom. The van der Waals surface area contributed by atoms with Crippen molar-refractivity contribution in [2.45, 2.75) is 13.8 Å². The SMILES string of the molecule is CN(C)CC(C)(C)CNCC(=O)Nc1c(Cl)cccc1Cl. The number of benzene rings is 1. The Bertz CT molecular complexity index is 470. The second kappa shape index (κ2) is 7.99. The molecule has 0 heterocycles. The van der Waals surface area contributed by atoms with Crippen LogP contribution in [-0.2, 0) is 4.79 Å². The number of nitrogens with zero attached hydrogens (tertiary/aromatic N) is 1. The molecule has 0 spiro atoms. The van der Waals surface area contributed by atoms with Crippen molar-refractivity contribution in [2.75, 3.05) is 39.0 Å². The van der Waals surface area contributed by atoms with E-state index in [1.165, 1.54) is 0 Å². The molecule has 0 saturated heterocycles. The van der Waals surface area contributed by atoms with Gasteiger partial charge in [-0.2, -0.15) is 0 Å². The zero-order valence-corrected chi connectivity index (χ0v) is 14.5. The summed E-state index contributed by atoms with van der Waals surface area (Å²) in [6, 6.07) is 5.12. The molecule has 0 aliphatic heterocycles. The number of hydrogen-bond donors (Lipinski definition) is 2. The third-order valence-electron chi connectivity index (χ3n) is 2.86. The van der Waals surface area contributed by atoms with Crippen LogP contribution in [0.15, 0.2) is 18.2 Å². The molecule has 21 heavy (non-hydrogen) atoms. The van der Waals surface area contributed by atoms with E-state index >= 15 is 0 Å². The molecule has 118 valence electrons. The quantitative estimate of drug-likeness (QED) is 0.806. The van der Waals surface area contributed by atoms with E-state index in [-0.39, 0.29) is 17.9 Å². The molecular formula is C15H23Cl2N3O. The first-order chi connectivity index (χ1) is 9.71. The maximum Gasteiger partial charge on any atom is 0.238 e. The molecule has 1 aromatic carbocycles. The normalized spacial score (nSPS) is 11.8. The molecule has 0 aromatic heterocycles. The van der Waals surface area contributed by atoms with Gasteiger partial charge in [0.2, 0.25) is 5.91 Å². The fraction of sp³-hybridized carbons (Fsp3) is 0.533. The third kappa shape index (κ3) is 6.66. The molecule has 0 aliphatic rings. The van der Waals surface area contributed by atoms with Crippen molar-refractivity contribution in [1.29, 1.82) is 0 Å². The standard InChI is InChI=1S/C15H23Cl2N3O/c1-15(2,10-20(3)4)9-18-8-13(21)19-14-11(16)6-5-7-12(14)17/h5-7,18H,8-10H2,1-4H3,(H,19,21). The van der Waals surface area contributed by atoms with E-state index in [0.717, 1.165) is 13.1 Å². The van der Waals surface area contributed by atoms with E-state index in [0.29, 0.717) is 15.7 Å². The Balaban J connectivity index is 2.45. The van der Waals surface area contributed by atoms with E-state index in [4.69, 9.17) is 23.2 Å². The molecule has 1 rings (SSSR count). The monoisotopic (exact) mass is 331 g/mol. The molecule has 6 heteroatoms. The maximum absolute atomic E-state index is 11.9. The van der Waals surface area contributed by atoms with Crippen LogP contribution in [0.4, 0.5) is 5.69 Å². The van der Waals surface area contributed by atoms with Gasteiger partial charge in [-0.25, -0.2) is 0 Å². The molecule has 0 fully saturated rings. The van der Waals surface area contributed by atoms with E-state index < -0.39 is 0 Å². The van der Waals surface area contributed by atoms with E-state index in [9.17, 15) is 4.79 Å². The predicted octanol–water partition coefficient (Wildman–Crippen LogP) is 3.11. The van der Waals surface area contributed by atoms with Crippen LogP contribution in [0.3, 0.4) is 0 Å². The van der Waals surface area contributed by atoms with Gasteiger partial charge in [0.25, 0.3) is 0 Å². The third-order valence-corrected chi connectivity index (χ3v) is 3.49. The summed E-state index contributed by atoms with van der Waals surface area (Å²) in [5.41, 5.74) is 0.548. The second-order valence-corrected chi connectivity index (χ2v) is 6.96. The summed E-state index contributed by atoms with van der Waals surface area (Å²) in [5.74, 6) is -0.161. The highest BCUT2D eigenvalue weighted by Crippen LogP contribution is 2.29. The Morgan fingerprint density at radius 1 is 1.24 bits per heavy atom. The van der Waals surface area contributed by atoms with Crippen molar-refractivity contribution in [3.05, 3.63) is 28.2 Å². The molecule has 0 bridgehead atoms. The van der Waals surface area contributed by atoms with Gasteiger partial charge in [-0.15, -0.1) is 0 Å². The van der Waals surface area contributed by atoms with Crippen LogP contribution in [0.25, 0.3) is 0 Å². The van der Waals surface area contributed by atoms with Crippen molar-refractivity contribution < 1.29 is 4.79 Å². The minimum atomic E-state index is -0.161. The summed E-state index contributed by atoms with van der Waals surface area (Å²) < 4.78 is 0. The Hall–Kier alpha value is -0.810. The fourth-order valence-electron chi connectivity index (χ4n) is 2.23. The average molecular weight is 332 g/mol. The summed E-state index contributed by atoms with van der Waals surface area (Å²) in [6.07, 6.45) is 0. The average Bonchev–Trinajstić information content (AvgIpc) is 2.32. The van der Waals surface area contributed by atoms with E-state index in [2.05, 4.69) is 29.4 Å². The highest BCUT2D eigenvalue weighted by Gasteiger charge is 2.19. The fourth-order valence-corrected chi connectivity index (χ4v) is 2.72. The Labute approximate surface area is 136 Å². The molecule has 0 saturated carbocycles. The zero-order valence-electron chi connectivity index (χ0n) is 13.0. The lowest BCUT2D eigenvalue weighted by molar-refractivity contribution is -0.115. The van der Waals surface area contributed by atoms with Crippen molar-refractivity contribution in [2.24, 2.45) is 5.41 Å². The van der Waals surface area contributed by atoms with E-state index in [1.807, 2.05) is 14.1 Å². The van der Waals surface area contributed by atoms with Crippen molar-refractivity contribution in [3.63, 3.8) is 0 Å². The predicted molar refractivity (Wildman–Crippen MR) is 90.3 cm³/mol. The Kier molecular flexibility index (Phi) is 6.94. The molecule has 0 atom stereocenters. The summed E-state index contributed by atoms with van der Waals surface area (Å²) in [7, 11) is 4.07. The van der Waals surface area contributed by atoms with Crippen molar-refractivity contribution in [1.82, 2.24) is 10.2 Å². The number of anilines is 1. The first-order valence-corrected chi connectivity index (χ1v) is 7.56. The molecular weight excluding hydrogens is 309 g/mol. The summed E-state index contributed by atoms with van der Waals surface area (Å²) in [4.78, 5) is 14.1. The van der Waals surface area contributed by atoms with Crippen LogP contribution >= 0.6 is 23.2 Å². The second-order valence-electron chi connectivity index (χ2n) is 6.15. The summed E-state index contributed by atoms with van der Waals surface area (Å²) in [6.45, 7) is 6.22. The largest absolute Gasteiger partial charge is 0.322 e. The highest BCUT2D eigenvalue weighted by atomic mass is 35.5. The van der Waals surface area contributed by atoms with E-state index in [1.54, 1.807) is 18.2 Å². The van der Waals surface area contributed by atoms with Gasteiger partial charge in [0, 0.05) is 13.1 Å². The van der Waals surface area contributed by atoms with Gasteiger partial charge in [-0.05, 0) is 31.6 Å². The Morgan fingerprint density at radius 3 is 2.33 bits per heavy atom. The topological polar surface area (TPSA) is 44.4 Å². The number of amides is 1. The zero-order chi connectivity index (χ0) is 16.0. The lowest BCUT2D eigenvalue weighted by Crippen LogP contribution is -2.40. The number of rotatable bonds is 7. The number of para-hydroxylation sites is 1. The number of carbonyl (C=O) groups is 1. The number of carbonyl (C=O) groups excluding carboxylic acids is 1. The first-order valence-electron chi connectivity index (χ1n) is 6.80. The van der Waals surface area contributed by atoms with Crippen LogP contribution in [0.5, 0.6) is 0 Å². The molecule has 0 radical (unpaired) electrons. The lowest BCUT2D eigenvalue weighted by atomic mass is 9.93. The number of halogens is 2. The van der Waals surface area contributed by atoms with Gasteiger partial charge in [0.15, 0.2) is 0 Å². The van der Waals surface area contributed by atoms with Crippen molar-refractivity contribution in [3.8, 4) is 0 Å². The lowest BCUT2D eigenvalue weighted by Gasteiger charge is -2.28. The van der Waals surface area contributed by atoms with Gasteiger partial charge in [0.1, 0.15) is 0 Å². The van der Waals surface area contributed by atoms with Gasteiger partial charge in [0.05, 0.1) is 22.3 Å². The van der Waals surface area contributed by atoms with Crippen LogP contribution in [-0.4, -0.2) is 44.5 Å². The molecule has 0 aliphatic carbocycles. The molecule has 4 nitrogen and oxygen atoms in total. The maximum atomic E-state index is 11.9. The van der Waals surface area contributed by atoms with Gasteiger partial charge in [-0.1, -0.05) is 43.1 Å². The minimum absolute atomic E-state index is 0.0891. The highest BCUT2D eigenvalue weighted by molar-refractivity contribution is 6.39. The smallest absolute Gasteiger partial charge is 0.238 e. The van der Waals surface area contributed by atoms with Gasteiger partial charge >= 0.3 is 0 Å². The summed E-state index contributed by atoms with van der Waals surface area (Å²) >= 11 is 12.0. The summed E-state index contributed by atoms with van der Waals surface area (Å²) in [5, 5.41) is 6.76. The number of nitrogens with one attached hydrogen (secondary N) is 2. The van der Waals surface area contributed by atoms with Crippen LogP contribution < -0.4 is 10.6 Å².